The molecule has 0 spiro atoms. The molecule has 6 rings (SSSR count). The van der Waals surface area contributed by atoms with Crippen LogP contribution in [0.3, 0.4) is 0 Å². The summed E-state index contributed by atoms with van der Waals surface area (Å²) in [4.78, 5) is 23.2. The number of nitrogens with zero attached hydrogens (tertiary/aromatic N) is 3. The number of hydrogen-bond acceptors (Lipinski definition) is 5. The second kappa shape index (κ2) is 7.78. The first-order chi connectivity index (χ1) is 16.1. The van der Waals surface area contributed by atoms with Gasteiger partial charge in [-0.2, -0.15) is 0 Å². The summed E-state index contributed by atoms with van der Waals surface area (Å²) in [5, 5.41) is 1.46. The van der Waals surface area contributed by atoms with Crippen molar-refractivity contribution < 1.29 is 9.53 Å². The average molecular weight is 456 g/mol. The van der Waals surface area contributed by atoms with E-state index < -0.39 is 0 Å². The number of halogens is 1. The van der Waals surface area contributed by atoms with Crippen molar-refractivity contribution in [2.75, 3.05) is 43.1 Å². The molecule has 0 N–H and O–H groups in total. The largest absolute Gasteiger partial charge is 0.497 e. The van der Waals surface area contributed by atoms with Crippen molar-refractivity contribution >= 4 is 39.8 Å². The molecular weight excluding hydrogens is 434 g/mol. The minimum atomic E-state index is 0.0253. The zero-order chi connectivity index (χ0) is 22.5. The quantitative estimate of drug-likeness (QED) is 0.363. The molecule has 0 unspecified atom stereocenters. The molecule has 6 heteroatoms. The molecule has 1 aromatic heterocycles. The molecule has 0 radical (unpaired) electrons. The van der Waals surface area contributed by atoms with E-state index in [-0.39, 0.29) is 5.78 Å². The molecule has 1 fully saturated rings. The van der Waals surface area contributed by atoms with Gasteiger partial charge in [-0.05, 0) is 35.9 Å². The van der Waals surface area contributed by atoms with E-state index >= 15 is 0 Å². The number of methoxy groups -OCH3 is 1. The summed E-state index contributed by atoms with van der Waals surface area (Å²) >= 11 is 6.24. The van der Waals surface area contributed by atoms with Gasteiger partial charge in [0.25, 0.3) is 0 Å². The molecule has 164 valence electrons. The average Bonchev–Trinajstić information content (AvgIpc) is 3.16. The molecule has 1 saturated heterocycles. The SMILES string of the molecule is COc1cccc(N2CCN(c3nc4ccccc4c4c3-c3ccc(Cl)cc3C4=O)CC2)c1. The van der Waals surface area contributed by atoms with Gasteiger partial charge in [-0.15, -0.1) is 0 Å². The van der Waals surface area contributed by atoms with Crippen LogP contribution in [0.5, 0.6) is 5.75 Å². The molecule has 1 aliphatic carbocycles. The lowest BCUT2D eigenvalue weighted by atomic mass is 10.0. The van der Waals surface area contributed by atoms with Gasteiger partial charge >= 0.3 is 0 Å². The molecule has 1 aliphatic heterocycles. The minimum absolute atomic E-state index is 0.0253. The Morgan fingerprint density at radius 2 is 1.64 bits per heavy atom. The van der Waals surface area contributed by atoms with Gasteiger partial charge in [0, 0.05) is 65.0 Å². The van der Waals surface area contributed by atoms with Crippen LogP contribution in [0.25, 0.3) is 22.0 Å². The Kier molecular flexibility index (Phi) is 4.73. The van der Waals surface area contributed by atoms with Gasteiger partial charge in [0.05, 0.1) is 12.6 Å². The highest BCUT2D eigenvalue weighted by molar-refractivity contribution is 6.33. The van der Waals surface area contributed by atoms with E-state index in [9.17, 15) is 4.79 Å². The number of ketones is 1. The van der Waals surface area contributed by atoms with Gasteiger partial charge in [-0.1, -0.05) is 41.9 Å². The number of anilines is 2. The third-order valence-electron chi connectivity index (χ3n) is 6.59. The highest BCUT2D eigenvalue weighted by Gasteiger charge is 2.34. The van der Waals surface area contributed by atoms with E-state index in [4.69, 9.17) is 21.3 Å². The molecule has 0 bridgehead atoms. The molecule has 3 aromatic carbocycles. The third kappa shape index (κ3) is 3.23. The molecule has 0 amide bonds. The van der Waals surface area contributed by atoms with Crippen LogP contribution in [0.1, 0.15) is 15.9 Å². The fourth-order valence-electron chi connectivity index (χ4n) is 4.96. The predicted octanol–water partition coefficient (Wildman–Crippen LogP) is 5.43. The Balaban J connectivity index is 1.41. The van der Waals surface area contributed by atoms with Crippen LogP contribution in [0, 0.1) is 0 Å². The van der Waals surface area contributed by atoms with E-state index in [0.717, 1.165) is 71.0 Å². The number of aromatic nitrogens is 1. The summed E-state index contributed by atoms with van der Waals surface area (Å²) in [5.74, 6) is 1.76. The smallest absolute Gasteiger partial charge is 0.195 e. The van der Waals surface area contributed by atoms with Gasteiger partial charge < -0.3 is 14.5 Å². The Bertz CT molecular complexity index is 1410. The van der Waals surface area contributed by atoms with Crippen molar-refractivity contribution in [1.82, 2.24) is 4.98 Å². The zero-order valence-electron chi connectivity index (χ0n) is 18.2. The van der Waals surface area contributed by atoms with Crippen LogP contribution >= 0.6 is 11.6 Å². The van der Waals surface area contributed by atoms with Crippen LogP contribution in [-0.4, -0.2) is 44.1 Å². The van der Waals surface area contributed by atoms with E-state index in [1.807, 2.05) is 48.5 Å². The highest BCUT2D eigenvalue weighted by atomic mass is 35.5. The van der Waals surface area contributed by atoms with Crippen LogP contribution in [0.15, 0.2) is 66.7 Å². The number of hydrogen-bond donors (Lipinski definition) is 0. The first-order valence-electron chi connectivity index (χ1n) is 11.1. The van der Waals surface area contributed by atoms with Crippen molar-refractivity contribution in [3.8, 4) is 16.9 Å². The van der Waals surface area contributed by atoms with Crippen molar-refractivity contribution in [1.29, 1.82) is 0 Å². The number of piperazine rings is 1. The normalized spacial score (nSPS) is 15.0. The maximum absolute atomic E-state index is 13.5. The van der Waals surface area contributed by atoms with Crippen molar-refractivity contribution in [2.24, 2.45) is 0 Å². The number of para-hydroxylation sites is 1. The first kappa shape index (κ1) is 20.1. The Morgan fingerprint density at radius 3 is 2.45 bits per heavy atom. The second-order valence-corrected chi connectivity index (χ2v) is 8.83. The topological polar surface area (TPSA) is 45.7 Å². The number of ether oxygens (including phenoxy) is 1. The summed E-state index contributed by atoms with van der Waals surface area (Å²) in [6, 6.07) is 21.6. The number of benzene rings is 3. The number of carbonyl (C=O) groups is 1. The Morgan fingerprint density at radius 1 is 0.848 bits per heavy atom. The lowest BCUT2D eigenvalue weighted by molar-refractivity contribution is 0.104. The zero-order valence-corrected chi connectivity index (χ0v) is 19.0. The molecule has 2 aliphatic rings. The molecule has 0 saturated carbocycles. The molecule has 33 heavy (non-hydrogen) atoms. The number of carbonyl (C=O) groups excluding carboxylic acids is 1. The number of pyridine rings is 1. The van der Waals surface area contributed by atoms with Crippen molar-refractivity contribution in [3.63, 3.8) is 0 Å². The molecule has 4 aromatic rings. The first-order valence-corrected chi connectivity index (χ1v) is 11.4. The maximum atomic E-state index is 13.5. The van der Waals surface area contributed by atoms with Crippen LogP contribution in [0.4, 0.5) is 11.5 Å². The lowest BCUT2D eigenvalue weighted by Crippen LogP contribution is -2.47. The summed E-state index contributed by atoms with van der Waals surface area (Å²) in [6.07, 6.45) is 0. The monoisotopic (exact) mass is 455 g/mol. The fourth-order valence-corrected chi connectivity index (χ4v) is 5.13. The number of fused-ring (bicyclic) bond motifs is 5. The molecular formula is C27H22ClN3O2. The Hall–Kier alpha value is -3.57. The highest BCUT2D eigenvalue weighted by Crippen LogP contribution is 2.46. The predicted molar refractivity (Wildman–Crippen MR) is 133 cm³/mol. The van der Waals surface area contributed by atoms with E-state index in [1.165, 1.54) is 0 Å². The standard InChI is InChI=1S/C27H22ClN3O2/c1-33-19-6-4-5-18(16-19)30-11-13-31(14-12-30)27-25-20-10-9-17(28)15-22(20)26(32)24(25)21-7-2-3-8-23(21)29-27/h2-10,15-16H,11-14H2,1H3. The number of rotatable bonds is 3. The van der Waals surface area contributed by atoms with E-state index in [0.29, 0.717) is 10.6 Å². The molecule has 2 heterocycles. The van der Waals surface area contributed by atoms with Crippen molar-refractivity contribution in [3.05, 3.63) is 82.9 Å². The van der Waals surface area contributed by atoms with E-state index in [2.05, 4.69) is 21.9 Å². The third-order valence-corrected chi connectivity index (χ3v) is 6.83. The van der Waals surface area contributed by atoms with E-state index in [1.54, 1.807) is 13.2 Å². The summed E-state index contributed by atoms with van der Waals surface area (Å²) in [7, 11) is 1.69. The summed E-state index contributed by atoms with van der Waals surface area (Å²) in [5.41, 5.74) is 5.24. The van der Waals surface area contributed by atoms with Crippen LogP contribution < -0.4 is 14.5 Å². The Labute approximate surface area is 197 Å². The summed E-state index contributed by atoms with van der Waals surface area (Å²) in [6.45, 7) is 3.34. The molecule has 5 nitrogen and oxygen atoms in total. The van der Waals surface area contributed by atoms with Crippen LogP contribution in [0.2, 0.25) is 5.02 Å². The van der Waals surface area contributed by atoms with Gasteiger partial charge in [0.15, 0.2) is 5.78 Å². The van der Waals surface area contributed by atoms with Crippen molar-refractivity contribution in [2.45, 2.75) is 0 Å². The van der Waals surface area contributed by atoms with Gasteiger partial charge in [0.2, 0.25) is 0 Å². The van der Waals surface area contributed by atoms with Gasteiger partial charge in [-0.25, -0.2) is 4.98 Å². The minimum Gasteiger partial charge on any atom is -0.497 e. The molecule has 0 atom stereocenters. The second-order valence-electron chi connectivity index (χ2n) is 8.40. The summed E-state index contributed by atoms with van der Waals surface area (Å²) < 4.78 is 5.39. The maximum Gasteiger partial charge on any atom is 0.195 e. The fraction of sp³-hybridized carbons (Fsp3) is 0.185. The lowest BCUT2D eigenvalue weighted by Gasteiger charge is -2.37. The van der Waals surface area contributed by atoms with Gasteiger partial charge in [-0.3, -0.25) is 4.79 Å². The van der Waals surface area contributed by atoms with Gasteiger partial charge in [0.1, 0.15) is 11.6 Å². The van der Waals surface area contributed by atoms with Crippen LogP contribution in [-0.2, 0) is 0 Å².